The molecule has 1 N–H and O–H groups in total. The van der Waals surface area contributed by atoms with Crippen molar-refractivity contribution in [2.75, 3.05) is 11.9 Å². The number of benzene rings is 2. The van der Waals surface area contributed by atoms with Gasteiger partial charge in [-0.15, -0.1) is 0 Å². The van der Waals surface area contributed by atoms with Gasteiger partial charge < -0.3 is 10.1 Å². The van der Waals surface area contributed by atoms with E-state index in [1.54, 1.807) is 12.1 Å². The fraction of sp³-hybridized carbons (Fsp3) is 0.294. The minimum atomic E-state index is -0.401. The van der Waals surface area contributed by atoms with Crippen molar-refractivity contribution in [3.63, 3.8) is 0 Å². The molecule has 0 saturated heterocycles. The topological polar surface area (TPSA) is 64.4 Å². The second-order valence-electron chi connectivity index (χ2n) is 4.96. The van der Waals surface area contributed by atoms with Gasteiger partial charge in [0, 0.05) is 18.7 Å². The number of anilines is 1. The quantitative estimate of drug-likeness (QED) is 0.591. The minimum absolute atomic E-state index is 0.0486. The van der Waals surface area contributed by atoms with Gasteiger partial charge in [0.05, 0.1) is 4.92 Å². The van der Waals surface area contributed by atoms with E-state index in [4.69, 9.17) is 4.74 Å². The van der Waals surface area contributed by atoms with Gasteiger partial charge in [0.1, 0.15) is 17.2 Å². The van der Waals surface area contributed by atoms with Crippen molar-refractivity contribution in [3.05, 3.63) is 58.1 Å². The molecule has 2 aromatic carbocycles. The summed E-state index contributed by atoms with van der Waals surface area (Å²) in [6.07, 6.45) is 2.15. The number of nitro groups is 1. The largest absolute Gasteiger partial charge is 0.457 e. The second kappa shape index (κ2) is 7.45. The minimum Gasteiger partial charge on any atom is -0.457 e. The van der Waals surface area contributed by atoms with Crippen molar-refractivity contribution in [3.8, 4) is 11.5 Å². The van der Waals surface area contributed by atoms with Gasteiger partial charge in [-0.1, -0.05) is 25.5 Å². The highest BCUT2D eigenvalue weighted by atomic mass is 16.6. The predicted molar refractivity (Wildman–Crippen MR) is 87.8 cm³/mol. The van der Waals surface area contributed by atoms with Crippen molar-refractivity contribution in [1.82, 2.24) is 0 Å². The monoisotopic (exact) mass is 300 g/mol. The van der Waals surface area contributed by atoms with Crippen LogP contribution in [0, 0.1) is 10.1 Å². The second-order valence-corrected chi connectivity index (χ2v) is 4.96. The molecule has 0 atom stereocenters. The van der Waals surface area contributed by atoms with E-state index in [0.29, 0.717) is 18.0 Å². The molecule has 5 nitrogen and oxygen atoms in total. The Morgan fingerprint density at radius 1 is 1.09 bits per heavy atom. The third-order valence-electron chi connectivity index (χ3n) is 3.23. The van der Waals surface area contributed by atoms with E-state index in [2.05, 4.69) is 12.2 Å². The van der Waals surface area contributed by atoms with Crippen LogP contribution in [0.4, 0.5) is 11.4 Å². The van der Waals surface area contributed by atoms with E-state index in [0.717, 1.165) is 18.6 Å². The molecule has 22 heavy (non-hydrogen) atoms. The Labute approximate surface area is 130 Å². The Morgan fingerprint density at radius 2 is 1.77 bits per heavy atom. The number of nitro benzene ring substituents is 1. The summed E-state index contributed by atoms with van der Waals surface area (Å²) in [6, 6.07) is 12.6. The zero-order valence-corrected chi connectivity index (χ0v) is 12.8. The average Bonchev–Trinajstić information content (AvgIpc) is 2.50. The maximum atomic E-state index is 11.0. The fourth-order valence-corrected chi connectivity index (χ4v) is 2.22. The summed E-state index contributed by atoms with van der Waals surface area (Å²) in [4.78, 5) is 10.6. The number of hydrogen-bond donors (Lipinski definition) is 1. The highest BCUT2D eigenvalue weighted by molar-refractivity contribution is 5.64. The number of aryl methyl sites for hydroxylation is 1. The van der Waals surface area contributed by atoms with E-state index in [1.807, 2.05) is 31.2 Å². The van der Waals surface area contributed by atoms with Gasteiger partial charge >= 0.3 is 0 Å². The molecule has 0 bridgehead atoms. The summed E-state index contributed by atoms with van der Waals surface area (Å²) in [5.74, 6) is 1.29. The maximum absolute atomic E-state index is 11.0. The van der Waals surface area contributed by atoms with Crippen molar-refractivity contribution in [1.29, 1.82) is 0 Å². The molecule has 0 radical (unpaired) electrons. The van der Waals surface area contributed by atoms with Crippen LogP contribution in [0.25, 0.3) is 0 Å². The molecule has 0 unspecified atom stereocenters. The third-order valence-corrected chi connectivity index (χ3v) is 3.23. The smallest absolute Gasteiger partial charge is 0.292 e. The first-order chi connectivity index (χ1) is 10.6. The van der Waals surface area contributed by atoms with E-state index in [9.17, 15) is 10.1 Å². The normalized spacial score (nSPS) is 10.3. The van der Waals surface area contributed by atoms with E-state index < -0.39 is 4.92 Å². The molecule has 2 aromatic rings. The highest BCUT2D eigenvalue weighted by Gasteiger charge is 2.14. The SMILES string of the molecule is CCCc1ccc(Oc2ccc([N+](=O)[O-])c(NCC)c2)cc1. The first-order valence-electron chi connectivity index (χ1n) is 7.43. The lowest BCUT2D eigenvalue weighted by Crippen LogP contribution is -2.01. The molecule has 0 heterocycles. The zero-order chi connectivity index (χ0) is 15.9. The maximum Gasteiger partial charge on any atom is 0.292 e. The Bertz CT molecular complexity index is 639. The molecule has 2 rings (SSSR count). The summed E-state index contributed by atoms with van der Waals surface area (Å²) in [6.45, 7) is 4.64. The molecule has 0 aliphatic heterocycles. The summed E-state index contributed by atoms with van der Waals surface area (Å²) in [7, 11) is 0. The lowest BCUT2D eigenvalue weighted by molar-refractivity contribution is -0.384. The van der Waals surface area contributed by atoms with Crippen LogP contribution < -0.4 is 10.1 Å². The van der Waals surface area contributed by atoms with Gasteiger partial charge in [0.15, 0.2) is 0 Å². The van der Waals surface area contributed by atoms with E-state index >= 15 is 0 Å². The van der Waals surface area contributed by atoms with Gasteiger partial charge in [-0.05, 0) is 37.1 Å². The standard InChI is InChI=1S/C17H20N2O3/c1-3-5-13-6-8-14(9-7-13)22-15-10-11-17(19(20)21)16(12-15)18-4-2/h6-12,18H,3-5H2,1-2H3. The van der Waals surface area contributed by atoms with Crippen LogP contribution >= 0.6 is 0 Å². The van der Waals surface area contributed by atoms with Gasteiger partial charge in [-0.2, -0.15) is 0 Å². The summed E-state index contributed by atoms with van der Waals surface area (Å²) < 4.78 is 5.77. The van der Waals surface area contributed by atoms with Crippen LogP contribution in [0.2, 0.25) is 0 Å². The van der Waals surface area contributed by atoms with Crippen LogP contribution in [0.5, 0.6) is 11.5 Å². The average molecular weight is 300 g/mol. The van der Waals surface area contributed by atoms with Crippen molar-refractivity contribution in [2.45, 2.75) is 26.7 Å². The van der Waals surface area contributed by atoms with Gasteiger partial charge in [-0.3, -0.25) is 10.1 Å². The number of nitrogens with one attached hydrogen (secondary N) is 1. The van der Waals surface area contributed by atoms with Crippen molar-refractivity contribution in [2.24, 2.45) is 0 Å². The van der Waals surface area contributed by atoms with Crippen LogP contribution in [-0.2, 0) is 6.42 Å². The van der Waals surface area contributed by atoms with E-state index in [-0.39, 0.29) is 5.69 Å². The molecule has 0 spiro atoms. The molecule has 0 fully saturated rings. The Hall–Kier alpha value is -2.56. The summed E-state index contributed by atoms with van der Waals surface area (Å²) in [5.41, 5.74) is 1.78. The molecule has 0 saturated carbocycles. The van der Waals surface area contributed by atoms with Gasteiger partial charge in [0.2, 0.25) is 0 Å². The zero-order valence-electron chi connectivity index (χ0n) is 12.8. The molecule has 0 aliphatic rings. The number of hydrogen-bond acceptors (Lipinski definition) is 4. The molecular weight excluding hydrogens is 280 g/mol. The van der Waals surface area contributed by atoms with Crippen LogP contribution in [0.15, 0.2) is 42.5 Å². The Morgan fingerprint density at radius 3 is 2.36 bits per heavy atom. The third kappa shape index (κ3) is 3.97. The van der Waals surface area contributed by atoms with E-state index in [1.165, 1.54) is 11.6 Å². The first kappa shape index (κ1) is 15.8. The Balaban J connectivity index is 2.18. The first-order valence-corrected chi connectivity index (χ1v) is 7.43. The number of nitrogens with zero attached hydrogens (tertiary/aromatic N) is 1. The van der Waals surface area contributed by atoms with Gasteiger partial charge in [0.25, 0.3) is 5.69 Å². The molecule has 116 valence electrons. The summed E-state index contributed by atoms with van der Waals surface area (Å²) >= 11 is 0. The van der Waals surface area contributed by atoms with Crippen LogP contribution in [-0.4, -0.2) is 11.5 Å². The molecular formula is C17H20N2O3. The lowest BCUT2D eigenvalue weighted by atomic mass is 10.1. The van der Waals surface area contributed by atoms with Crippen LogP contribution in [0.1, 0.15) is 25.8 Å². The number of ether oxygens (including phenoxy) is 1. The fourth-order valence-electron chi connectivity index (χ4n) is 2.22. The Kier molecular flexibility index (Phi) is 5.36. The molecule has 0 aromatic heterocycles. The van der Waals surface area contributed by atoms with Gasteiger partial charge in [-0.25, -0.2) is 0 Å². The molecule has 5 heteroatoms. The molecule has 0 aliphatic carbocycles. The highest BCUT2D eigenvalue weighted by Crippen LogP contribution is 2.31. The number of rotatable bonds is 7. The van der Waals surface area contributed by atoms with Crippen LogP contribution in [0.3, 0.4) is 0 Å². The lowest BCUT2D eigenvalue weighted by Gasteiger charge is -2.09. The predicted octanol–water partition coefficient (Wildman–Crippen LogP) is 4.77. The van der Waals surface area contributed by atoms with Crippen molar-refractivity contribution < 1.29 is 9.66 Å². The van der Waals surface area contributed by atoms with Crippen molar-refractivity contribution >= 4 is 11.4 Å². The summed E-state index contributed by atoms with van der Waals surface area (Å²) in [5, 5.41) is 14.0. The molecule has 0 amide bonds.